The molecule has 0 fully saturated rings. The average molecular weight is 303 g/mol. The smallest absolute Gasteiger partial charge is 0.115 e. The van der Waals surface area contributed by atoms with Crippen LogP contribution in [-0.2, 0) is 6.54 Å². The third kappa shape index (κ3) is 3.02. The largest absolute Gasteiger partial charge is 0.508 e. The fourth-order valence-corrected chi connectivity index (χ4v) is 2.05. The Balaban J connectivity index is 2.07. The molecular formula is C14H11BrN2O. The Labute approximate surface area is 114 Å². The van der Waals surface area contributed by atoms with Gasteiger partial charge in [0.05, 0.1) is 5.56 Å². The SMILES string of the molecule is N#Cc1ccc(NCc2cccc(O)c2)cc1Br. The molecule has 0 radical (unpaired) electrons. The standard InChI is InChI=1S/C14H11BrN2O/c15-14-7-12(5-4-11(14)8-16)17-9-10-2-1-3-13(18)6-10/h1-7,17-18H,9H2. The van der Waals surface area contributed by atoms with Crippen molar-refractivity contribution in [2.45, 2.75) is 6.54 Å². The van der Waals surface area contributed by atoms with E-state index < -0.39 is 0 Å². The van der Waals surface area contributed by atoms with Crippen LogP contribution in [0.25, 0.3) is 0 Å². The molecule has 0 spiro atoms. The van der Waals surface area contributed by atoms with E-state index in [0.717, 1.165) is 15.7 Å². The number of nitrogens with one attached hydrogen (secondary N) is 1. The van der Waals surface area contributed by atoms with Crippen molar-refractivity contribution in [1.82, 2.24) is 0 Å². The number of anilines is 1. The fourth-order valence-electron chi connectivity index (χ4n) is 1.59. The van der Waals surface area contributed by atoms with Crippen molar-refractivity contribution in [2.75, 3.05) is 5.32 Å². The van der Waals surface area contributed by atoms with Crippen LogP contribution in [0.4, 0.5) is 5.69 Å². The van der Waals surface area contributed by atoms with E-state index in [-0.39, 0.29) is 5.75 Å². The van der Waals surface area contributed by atoms with E-state index >= 15 is 0 Å². The summed E-state index contributed by atoms with van der Waals surface area (Å²) in [6, 6.07) is 14.7. The monoisotopic (exact) mass is 302 g/mol. The van der Waals surface area contributed by atoms with Gasteiger partial charge in [-0.1, -0.05) is 12.1 Å². The van der Waals surface area contributed by atoms with E-state index in [0.29, 0.717) is 12.1 Å². The molecule has 2 N–H and O–H groups in total. The van der Waals surface area contributed by atoms with Crippen molar-refractivity contribution in [3.63, 3.8) is 0 Å². The third-order valence-corrected chi connectivity index (χ3v) is 3.15. The summed E-state index contributed by atoms with van der Waals surface area (Å²) in [6.45, 7) is 0.618. The molecule has 0 atom stereocenters. The second kappa shape index (κ2) is 5.56. The number of aromatic hydroxyl groups is 1. The number of phenols is 1. The minimum atomic E-state index is 0.260. The quantitative estimate of drug-likeness (QED) is 0.910. The summed E-state index contributed by atoms with van der Waals surface area (Å²) in [5.74, 6) is 0.260. The first-order valence-corrected chi connectivity index (χ1v) is 6.20. The van der Waals surface area contributed by atoms with Gasteiger partial charge in [0.15, 0.2) is 0 Å². The normalized spacial score (nSPS) is 9.78. The van der Waals surface area contributed by atoms with Gasteiger partial charge in [-0.25, -0.2) is 0 Å². The zero-order chi connectivity index (χ0) is 13.0. The van der Waals surface area contributed by atoms with Crippen LogP contribution in [0.15, 0.2) is 46.9 Å². The number of halogens is 1. The highest BCUT2D eigenvalue weighted by Crippen LogP contribution is 2.21. The highest BCUT2D eigenvalue weighted by atomic mass is 79.9. The summed E-state index contributed by atoms with van der Waals surface area (Å²) in [6.07, 6.45) is 0. The Kier molecular flexibility index (Phi) is 3.85. The van der Waals surface area contributed by atoms with E-state index in [1.54, 1.807) is 24.3 Å². The van der Waals surface area contributed by atoms with E-state index in [4.69, 9.17) is 5.26 Å². The Morgan fingerprint density at radius 3 is 2.72 bits per heavy atom. The molecule has 90 valence electrons. The van der Waals surface area contributed by atoms with Crippen LogP contribution in [0.1, 0.15) is 11.1 Å². The first-order chi connectivity index (χ1) is 8.69. The van der Waals surface area contributed by atoms with Gasteiger partial charge in [0.1, 0.15) is 11.8 Å². The Bertz CT molecular complexity index is 605. The Morgan fingerprint density at radius 1 is 1.22 bits per heavy atom. The lowest BCUT2D eigenvalue weighted by Crippen LogP contribution is -1.99. The lowest BCUT2D eigenvalue weighted by molar-refractivity contribution is 0.474. The zero-order valence-electron chi connectivity index (χ0n) is 9.52. The molecule has 4 heteroatoms. The van der Waals surface area contributed by atoms with Crippen LogP contribution in [0.2, 0.25) is 0 Å². The number of nitriles is 1. The van der Waals surface area contributed by atoms with Crippen LogP contribution in [0.3, 0.4) is 0 Å². The van der Waals surface area contributed by atoms with Gasteiger partial charge < -0.3 is 10.4 Å². The molecule has 18 heavy (non-hydrogen) atoms. The summed E-state index contributed by atoms with van der Waals surface area (Å²) >= 11 is 3.34. The molecule has 0 saturated carbocycles. The van der Waals surface area contributed by atoms with Gasteiger partial charge in [-0.05, 0) is 51.8 Å². The second-order valence-corrected chi connectivity index (χ2v) is 4.68. The molecule has 0 unspecified atom stereocenters. The summed E-state index contributed by atoms with van der Waals surface area (Å²) in [5, 5.41) is 21.4. The number of hydrogen-bond acceptors (Lipinski definition) is 3. The zero-order valence-corrected chi connectivity index (χ0v) is 11.1. The average Bonchev–Trinajstić information content (AvgIpc) is 2.37. The predicted octanol–water partition coefficient (Wildman–Crippen LogP) is 3.64. The topological polar surface area (TPSA) is 56.0 Å². The van der Waals surface area contributed by atoms with Crippen LogP contribution in [-0.4, -0.2) is 5.11 Å². The van der Waals surface area contributed by atoms with Gasteiger partial charge in [-0.15, -0.1) is 0 Å². The highest BCUT2D eigenvalue weighted by Gasteiger charge is 2.00. The predicted molar refractivity (Wildman–Crippen MR) is 74.3 cm³/mol. The van der Waals surface area contributed by atoms with Crippen molar-refractivity contribution < 1.29 is 5.11 Å². The van der Waals surface area contributed by atoms with Crippen molar-refractivity contribution >= 4 is 21.6 Å². The second-order valence-electron chi connectivity index (χ2n) is 3.83. The van der Waals surface area contributed by atoms with Crippen molar-refractivity contribution in [1.29, 1.82) is 5.26 Å². The Hall–Kier alpha value is -1.99. The van der Waals surface area contributed by atoms with E-state index in [2.05, 4.69) is 27.3 Å². The van der Waals surface area contributed by atoms with Crippen molar-refractivity contribution in [3.8, 4) is 11.8 Å². The number of nitrogens with zero attached hydrogens (tertiary/aromatic N) is 1. The van der Waals surface area contributed by atoms with E-state index in [1.807, 2.05) is 18.2 Å². The van der Waals surface area contributed by atoms with Crippen molar-refractivity contribution in [2.24, 2.45) is 0 Å². The van der Waals surface area contributed by atoms with E-state index in [1.165, 1.54) is 0 Å². The maximum atomic E-state index is 9.35. The number of phenolic OH excluding ortho intramolecular Hbond substituents is 1. The molecular weight excluding hydrogens is 292 g/mol. The van der Waals surface area contributed by atoms with Crippen LogP contribution in [0, 0.1) is 11.3 Å². The molecule has 2 rings (SSSR count). The molecule has 2 aromatic carbocycles. The molecule has 3 nitrogen and oxygen atoms in total. The van der Waals surface area contributed by atoms with Crippen LogP contribution in [0.5, 0.6) is 5.75 Å². The number of hydrogen-bond donors (Lipinski definition) is 2. The highest BCUT2D eigenvalue weighted by molar-refractivity contribution is 9.10. The molecule has 0 amide bonds. The lowest BCUT2D eigenvalue weighted by atomic mass is 10.2. The Morgan fingerprint density at radius 2 is 2.06 bits per heavy atom. The maximum Gasteiger partial charge on any atom is 0.115 e. The molecule has 0 aliphatic rings. The first-order valence-electron chi connectivity index (χ1n) is 5.40. The van der Waals surface area contributed by atoms with Gasteiger partial charge in [0.2, 0.25) is 0 Å². The van der Waals surface area contributed by atoms with Crippen LogP contribution < -0.4 is 5.32 Å². The summed E-state index contributed by atoms with van der Waals surface area (Å²) < 4.78 is 0.769. The molecule has 0 aliphatic heterocycles. The van der Waals surface area contributed by atoms with Crippen molar-refractivity contribution in [3.05, 3.63) is 58.1 Å². The molecule has 0 saturated heterocycles. The number of benzene rings is 2. The van der Waals surface area contributed by atoms with Crippen LogP contribution >= 0.6 is 15.9 Å². The molecule has 0 heterocycles. The third-order valence-electron chi connectivity index (χ3n) is 2.50. The van der Waals surface area contributed by atoms with Gasteiger partial charge >= 0.3 is 0 Å². The maximum absolute atomic E-state index is 9.35. The summed E-state index contributed by atoms with van der Waals surface area (Å²) in [5.41, 5.74) is 2.53. The lowest BCUT2D eigenvalue weighted by Gasteiger charge is -2.07. The minimum absolute atomic E-state index is 0.260. The first kappa shape index (κ1) is 12.5. The van der Waals surface area contributed by atoms with Gasteiger partial charge in [0, 0.05) is 16.7 Å². The van der Waals surface area contributed by atoms with Gasteiger partial charge in [-0.2, -0.15) is 5.26 Å². The molecule has 0 bridgehead atoms. The minimum Gasteiger partial charge on any atom is -0.508 e. The summed E-state index contributed by atoms with van der Waals surface area (Å²) in [7, 11) is 0. The molecule has 0 aliphatic carbocycles. The number of rotatable bonds is 3. The molecule has 2 aromatic rings. The molecule has 0 aromatic heterocycles. The van der Waals surface area contributed by atoms with Gasteiger partial charge in [-0.3, -0.25) is 0 Å². The van der Waals surface area contributed by atoms with E-state index in [9.17, 15) is 5.11 Å². The summed E-state index contributed by atoms with van der Waals surface area (Å²) in [4.78, 5) is 0. The van der Waals surface area contributed by atoms with Gasteiger partial charge in [0.25, 0.3) is 0 Å². The fraction of sp³-hybridized carbons (Fsp3) is 0.0714.